The van der Waals surface area contributed by atoms with Crippen LogP contribution in [0, 0.1) is 0 Å². The molecule has 5 heteroatoms. The number of ether oxygens (including phenoxy) is 1. The lowest BCUT2D eigenvalue weighted by molar-refractivity contribution is -0.147. The lowest BCUT2D eigenvalue weighted by Crippen LogP contribution is -2.34. The van der Waals surface area contributed by atoms with Crippen LogP contribution in [0.2, 0.25) is 0 Å². The lowest BCUT2D eigenvalue weighted by Gasteiger charge is -2.17. The maximum atomic E-state index is 12.2. The van der Waals surface area contributed by atoms with Crippen molar-refractivity contribution in [2.24, 2.45) is 0 Å². The molecular formula is C21H23NO4. The smallest absolute Gasteiger partial charge is 0.333 e. The van der Waals surface area contributed by atoms with Crippen molar-refractivity contribution in [3.8, 4) is 0 Å². The van der Waals surface area contributed by atoms with Gasteiger partial charge < -0.3 is 10.1 Å². The van der Waals surface area contributed by atoms with Crippen molar-refractivity contribution in [3.05, 3.63) is 71.8 Å². The molecule has 5 nitrogen and oxygen atoms in total. The van der Waals surface area contributed by atoms with Crippen LogP contribution in [-0.2, 0) is 14.3 Å². The third-order valence-electron chi connectivity index (χ3n) is 3.86. The van der Waals surface area contributed by atoms with Gasteiger partial charge in [0.05, 0.1) is 6.61 Å². The molecule has 2 aromatic carbocycles. The molecule has 1 unspecified atom stereocenters. The summed E-state index contributed by atoms with van der Waals surface area (Å²) >= 11 is 0. The van der Waals surface area contributed by atoms with Crippen LogP contribution in [0.15, 0.2) is 60.7 Å². The Morgan fingerprint density at radius 1 is 0.923 bits per heavy atom. The quantitative estimate of drug-likeness (QED) is 0.553. The summed E-state index contributed by atoms with van der Waals surface area (Å²) < 4.78 is 5.05. The first-order valence-corrected chi connectivity index (χ1v) is 8.71. The zero-order valence-corrected chi connectivity index (χ0v) is 14.8. The van der Waals surface area contributed by atoms with Gasteiger partial charge in [0, 0.05) is 18.4 Å². The third kappa shape index (κ3) is 5.84. The summed E-state index contributed by atoms with van der Waals surface area (Å²) in [5.74, 6) is -0.774. The molecular weight excluding hydrogens is 330 g/mol. The third-order valence-corrected chi connectivity index (χ3v) is 3.86. The standard InChI is InChI=1S/C21H23NO4/c1-2-26-21(25)20(17-12-7-4-8-13-17)22-19(24)15-9-14-18(23)16-10-5-3-6-11-16/h3-8,10-13,20H,2,9,14-15H2,1H3,(H,22,24). The van der Waals surface area contributed by atoms with E-state index in [0.29, 0.717) is 17.5 Å². The van der Waals surface area contributed by atoms with E-state index >= 15 is 0 Å². The molecule has 2 aromatic rings. The van der Waals surface area contributed by atoms with E-state index in [0.717, 1.165) is 0 Å². The SMILES string of the molecule is CCOC(=O)C(NC(=O)CCCC(=O)c1ccccc1)c1ccccc1. The number of carbonyl (C=O) groups is 3. The molecule has 0 aliphatic rings. The number of nitrogens with one attached hydrogen (secondary N) is 1. The number of hydrogen-bond donors (Lipinski definition) is 1. The minimum Gasteiger partial charge on any atom is -0.464 e. The Morgan fingerprint density at radius 3 is 2.15 bits per heavy atom. The summed E-state index contributed by atoms with van der Waals surface area (Å²) in [6.07, 6.45) is 0.873. The Labute approximate surface area is 153 Å². The van der Waals surface area contributed by atoms with Crippen molar-refractivity contribution in [1.29, 1.82) is 0 Å². The van der Waals surface area contributed by atoms with Gasteiger partial charge in [0.1, 0.15) is 0 Å². The van der Waals surface area contributed by atoms with Gasteiger partial charge in [-0.2, -0.15) is 0 Å². The number of amides is 1. The topological polar surface area (TPSA) is 72.5 Å². The van der Waals surface area contributed by atoms with Crippen molar-refractivity contribution in [3.63, 3.8) is 0 Å². The van der Waals surface area contributed by atoms with E-state index in [4.69, 9.17) is 4.74 Å². The van der Waals surface area contributed by atoms with E-state index in [2.05, 4.69) is 5.32 Å². The van der Waals surface area contributed by atoms with Gasteiger partial charge >= 0.3 is 5.97 Å². The van der Waals surface area contributed by atoms with Crippen LogP contribution in [0.3, 0.4) is 0 Å². The minimum atomic E-state index is -0.839. The van der Waals surface area contributed by atoms with Crippen LogP contribution in [0.25, 0.3) is 0 Å². The molecule has 0 radical (unpaired) electrons. The molecule has 1 atom stereocenters. The van der Waals surface area contributed by atoms with Gasteiger partial charge in [-0.25, -0.2) is 4.79 Å². The minimum absolute atomic E-state index is 0.00315. The summed E-state index contributed by atoms with van der Waals surface area (Å²) in [6, 6.07) is 17.1. The Kier molecular flexibility index (Phi) is 7.55. The molecule has 1 N–H and O–H groups in total. The predicted octanol–water partition coefficient (Wildman–Crippen LogP) is 3.46. The normalized spacial score (nSPS) is 11.4. The molecule has 0 bridgehead atoms. The predicted molar refractivity (Wildman–Crippen MR) is 98.6 cm³/mol. The van der Waals surface area contributed by atoms with Gasteiger partial charge in [0.15, 0.2) is 11.8 Å². The Bertz CT molecular complexity index is 728. The highest BCUT2D eigenvalue weighted by atomic mass is 16.5. The highest BCUT2D eigenvalue weighted by Gasteiger charge is 2.23. The molecule has 2 rings (SSSR count). The second kappa shape index (κ2) is 10.1. The maximum absolute atomic E-state index is 12.2. The number of carbonyl (C=O) groups excluding carboxylic acids is 3. The van der Waals surface area contributed by atoms with Gasteiger partial charge in [-0.15, -0.1) is 0 Å². The van der Waals surface area contributed by atoms with Crippen LogP contribution in [0.1, 0.15) is 48.1 Å². The number of ketones is 1. The van der Waals surface area contributed by atoms with Crippen LogP contribution in [-0.4, -0.2) is 24.3 Å². The second-order valence-corrected chi connectivity index (χ2v) is 5.81. The van der Waals surface area contributed by atoms with Gasteiger partial charge in [-0.3, -0.25) is 9.59 Å². The average molecular weight is 353 g/mol. The average Bonchev–Trinajstić information content (AvgIpc) is 2.67. The van der Waals surface area contributed by atoms with Crippen LogP contribution < -0.4 is 5.32 Å². The van der Waals surface area contributed by atoms with Gasteiger partial charge in [0.25, 0.3) is 0 Å². The van der Waals surface area contributed by atoms with Crippen LogP contribution >= 0.6 is 0 Å². The lowest BCUT2D eigenvalue weighted by atomic mass is 10.0. The number of rotatable bonds is 9. The fraction of sp³-hybridized carbons (Fsp3) is 0.286. The number of esters is 1. The molecule has 0 heterocycles. The van der Waals surface area contributed by atoms with E-state index < -0.39 is 12.0 Å². The molecule has 26 heavy (non-hydrogen) atoms. The van der Waals surface area contributed by atoms with E-state index in [1.54, 1.807) is 43.3 Å². The second-order valence-electron chi connectivity index (χ2n) is 5.81. The highest BCUT2D eigenvalue weighted by molar-refractivity contribution is 5.96. The summed E-state index contributed by atoms with van der Waals surface area (Å²) in [5.41, 5.74) is 1.31. The Morgan fingerprint density at radius 2 is 1.54 bits per heavy atom. The van der Waals surface area contributed by atoms with Crippen molar-refractivity contribution >= 4 is 17.7 Å². The monoisotopic (exact) mass is 353 g/mol. The van der Waals surface area contributed by atoms with Crippen molar-refractivity contribution in [2.45, 2.75) is 32.2 Å². The largest absolute Gasteiger partial charge is 0.464 e. The van der Waals surface area contributed by atoms with Crippen LogP contribution in [0.5, 0.6) is 0 Å². The van der Waals surface area contributed by atoms with Crippen molar-refractivity contribution < 1.29 is 19.1 Å². The number of hydrogen-bond acceptors (Lipinski definition) is 4. The number of Topliss-reactive ketones (excluding diaryl/α,β-unsaturated/α-hetero) is 1. The van der Waals surface area contributed by atoms with E-state index in [1.165, 1.54) is 0 Å². The van der Waals surface area contributed by atoms with Gasteiger partial charge in [0.2, 0.25) is 5.91 Å². The summed E-state index contributed by atoms with van der Waals surface area (Å²) in [7, 11) is 0. The fourth-order valence-electron chi connectivity index (χ4n) is 2.56. The molecule has 1 amide bonds. The van der Waals surface area contributed by atoms with Crippen molar-refractivity contribution in [2.75, 3.05) is 6.61 Å². The van der Waals surface area contributed by atoms with E-state index in [1.807, 2.05) is 24.3 Å². The molecule has 0 spiro atoms. The molecule has 0 saturated carbocycles. The van der Waals surface area contributed by atoms with Crippen molar-refractivity contribution in [1.82, 2.24) is 5.32 Å². The first-order valence-electron chi connectivity index (χ1n) is 8.71. The maximum Gasteiger partial charge on any atom is 0.333 e. The zero-order valence-electron chi connectivity index (χ0n) is 14.8. The molecule has 0 fully saturated rings. The van der Waals surface area contributed by atoms with E-state index in [9.17, 15) is 14.4 Å². The van der Waals surface area contributed by atoms with Crippen LogP contribution in [0.4, 0.5) is 0 Å². The molecule has 0 saturated heterocycles. The summed E-state index contributed by atoms with van der Waals surface area (Å²) in [4.78, 5) is 36.4. The first-order chi connectivity index (χ1) is 12.6. The summed E-state index contributed by atoms with van der Waals surface area (Å²) in [6.45, 7) is 1.96. The van der Waals surface area contributed by atoms with Gasteiger partial charge in [-0.05, 0) is 18.9 Å². The Hall–Kier alpha value is -2.95. The summed E-state index contributed by atoms with van der Waals surface area (Å²) in [5, 5.41) is 2.71. The molecule has 0 aliphatic carbocycles. The fourth-order valence-corrected chi connectivity index (χ4v) is 2.56. The molecule has 0 aliphatic heterocycles. The van der Waals surface area contributed by atoms with Gasteiger partial charge in [-0.1, -0.05) is 60.7 Å². The van der Waals surface area contributed by atoms with E-state index in [-0.39, 0.29) is 31.1 Å². The Balaban J connectivity index is 1.89. The number of benzene rings is 2. The molecule has 136 valence electrons. The highest BCUT2D eigenvalue weighted by Crippen LogP contribution is 2.15. The molecule has 0 aromatic heterocycles. The first kappa shape index (κ1) is 19.4. The zero-order chi connectivity index (χ0) is 18.8.